The van der Waals surface area contributed by atoms with Crippen molar-refractivity contribution < 1.29 is 26.7 Å². The van der Waals surface area contributed by atoms with Crippen molar-refractivity contribution >= 4 is 15.8 Å². The zero-order valence-electron chi connectivity index (χ0n) is 10.7. The van der Waals surface area contributed by atoms with Crippen molar-refractivity contribution in [2.24, 2.45) is 0 Å². The van der Waals surface area contributed by atoms with Gasteiger partial charge in [-0.2, -0.15) is 0 Å². The fourth-order valence-electron chi connectivity index (χ4n) is 1.38. The van der Waals surface area contributed by atoms with Gasteiger partial charge in [-0.05, 0) is 32.9 Å². The number of halogens is 2. The molecule has 0 radical (unpaired) electrons. The molecule has 0 aromatic heterocycles. The van der Waals surface area contributed by atoms with Gasteiger partial charge in [0.1, 0.15) is 16.5 Å². The first-order valence-corrected chi connectivity index (χ1v) is 6.99. The molecule has 0 saturated carbocycles. The first-order chi connectivity index (χ1) is 8.64. The summed E-state index contributed by atoms with van der Waals surface area (Å²) in [5, 5.41) is 0. The maximum atomic E-state index is 13.6. The maximum absolute atomic E-state index is 13.6. The monoisotopic (exact) mass is 292 g/mol. The first-order valence-electron chi connectivity index (χ1n) is 5.51. The Labute approximate surface area is 110 Å². The summed E-state index contributed by atoms with van der Waals surface area (Å²) in [6.07, 6.45) is 0. The van der Waals surface area contributed by atoms with E-state index in [9.17, 15) is 22.0 Å². The molecule has 0 N–H and O–H groups in total. The third-order valence-corrected chi connectivity index (χ3v) is 5.04. The van der Waals surface area contributed by atoms with Gasteiger partial charge in [0.25, 0.3) is 0 Å². The third-order valence-electron chi connectivity index (χ3n) is 2.62. The summed E-state index contributed by atoms with van der Waals surface area (Å²) in [6.45, 7) is 3.76. The Morgan fingerprint density at radius 2 is 1.89 bits per heavy atom. The van der Waals surface area contributed by atoms with Crippen LogP contribution in [0.25, 0.3) is 0 Å². The summed E-state index contributed by atoms with van der Waals surface area (Å²) in [5.41, 5.74) is 0. The number of ether oxygens (including phenoxy) is 1. The van der Waals surface area contributed by atoms with E-state index in [0.29, 0.717) is 6.07 Å². The Balaban J connectivity index is 3.34. The second kappa shape index (κ2) is 5.24. The van der Waals surface area contributed by atoms with Gasteiger partial charge < -0.3 is 4.74 Å². The van der Waals surface area contributed by atoms with Crippen LogP contribution in [0.15, 0.2) is 23.1 Å². The number of carbonyl (C=O) groups is 1. The molecule has 1 rings (SSSR count). The zero-order valence-corrected chi connectivity index (χ0v) is 11.6. The van der Waals surface area contributed by atoms with E-state index >= 15 is 0 Å². The minimum Gasteiger partial charge on any atom is -0.465 e. The molecule has 1 aromatic carbocycles. The summed E-state index contributed by atoms with van der Waals surface area (Å²) < 4.78 is 53.5. The van der Waals surface area contributed by atoms with Crippen molar-refractivity contribution in [3.63, 3.8) is 0 Å². The van der Waals surface area contributed by atoms with Gasteiger partial charge in [-0.15, -0.1) is 0 Å². The fourth-order valence-corrected chi connectivity index (χ4v) is 2.77. The fraction of sp³-hybridized carbons (Fsp3) is 0.417. The highest BCUT2D eigenvalue weighted by molar-refractivity contribution is 7.93. The average Bonchev–Trinajstić information content (AvgIpc) is 2.28. The van der Waals surface area contributed by atoms with Crippen LogP contribution in [0.2, 0.25) is 0 Å². The van der Waals surface area contributed by atoms with Gasteiger partial charge in [-0.25, -0.2) is 17.2 Å². The Morgan fingerprint density at radius 3 is 2.37 bits per heavy atom. The molecule has 0 spiro atoms. The minimum atomic E-state index is -4.32. The Hall–Kier alpha value is -1.50. The van der Waals surface area contributed by atoms with E-state index in [2.05, 4.69) is 4.74 Å². The van der Waals surface area contributed by atoms with Crippen LogP contribution < -0.4 is 0 Å². The molecular formula is C12H14F2O4S. The van der Waals surface area contributed by atoms with Crippen molar-refractivity contribution in [1.29, 1.82) is 0 Å². The van der Waals surface area contributed by atoms with E-state index in [1.807, 2.05) is 0 Å². The SMILES string of the molecule is CCOC(=O)C(C)(C)S(=O)(=O)c1ccc(F)cc1F. The molecule has 106 valence electrons. The number of rotatable bonds is 4. The highest BCUT2D eigenvalue weighted by Crippen LogP contribution is 2.28. The largest absolute Gasteiger partial charge is 0.465 e. The minimum absolute atomic E-state index is 0.00365. The van der Waals surface area contributed by atoms with E-state index in [1.165, 1.54) is 6.92 Å². The van der Waals surface area contributed by atoms with Crippen molar-refractivity contribution in [1.82, 2.24) is 0 Å². The van der Waals surface area contributed by atoms with Gasteiger partial charge in [-0.3, -0.25) is 4.79 Å². The highest BCUT2D eigenvalue weighted by atomic mass is 32.2. The zero-order chi connectivity index (χ0) is 14.8. The highest BCUT2D eigenvalue weighted by Gasteiger charge is 2.45. The smallest absolute Gasteiger partial charge is 0.327 e. The van der Waals surface area contributed by atoms with Crippen LogP contribution in [0.5, 0.6) is 0 Å². The van der Waals surface area contributed by atoms with E-state index in [1.54, 1.807) is 0 Å². The molecule has 7 heteroatoms. The van der Waals surface area contributed by atoms with Crippen LogP contribution in [0, 0.1) is 11.6 Å². The van der Waals surface area contributed by atoms with Gasteiger partial charge in [-0.1, -0.05) is 0 Å². The molecule has 0 unspecified atom stereocenters. The molecule has 0 amide bonds. The molecule has 0 saturated heterocycles. The molecule has 0 heterocycles. The second-order valence-electron chi connectivity index (χ2n) is 4.31. The average molecular weight is 292 g/mol. The molecule has 1 aromatic rings. The second-order valence-corrected chi connectivity index (χ2v) is 6.78. The van der Waals surface area contributed by atoms with Crippen LogP contribution in [0.3, 0.4) is 0 Å². The van der Waals surface area contributed by atoms with E-state index < -0.39 is 37.1 Å². The van der Waals surface area contributed by atoms with Gasteiger partial charge in [0.2, 0.25) is 0 Å². The number of benzene rings is 1. The standard InChI is InChI=1S/C12H14F2O4S/c1-4-18-11(15)12(2,3)19(16,17)10-6-5-8(13)7-9(10)14/h5-7H,4H2,1-3H3. The van der Waals surface area contributed by atoms with Crippen molar-refractivity contribution in [2.45, 2.75) is 30.4 Å². The number of esters is 1. The molecule has 0 fully saturated rings. The normalized spacial score (nSPS) is 12.3. The van der Waals surface area contributed by atoms with Gasteiger partial charge >= 0.3 is 5.97 Å². The Kier molecular flexibility index (Phi) is 4.29. The molecule has 19 heavy (non-hydrogen) atoms. The lowest BCUT2D eigenvalue weighted by Gasteiger charge is -2.22. The first kappa shape index (κ1) is 15.6. The molecule has 0 aliphatic rings. The molecule has 0 aliphatic heterocycles. The molecule has 0 bridgehead atoms. The lowest BCUT2D eigenvalue weighted by molar-refractivity contribution is -0.145. The lowest BCUT2D eigenvalue weighted by atomic mass is 10.2. The van der Waals surface area contributed by atoms with Crippen LogP contribution in [-0.4, -0.2) is 25.7 Å². The Bertz CT molecular complexity index is 594. The maximum Gasteiger partial charge on any atom is 0.327 e. The van der Waals surface area contributed by atoms with Gasteiger partial charge in [0.05, 0.1) is 6.61 Å². The molecular weight excluding hydrogens is 278 g/mol. The topological polar surface area (TPSA) is 60.4 Å². The number of hydrogen-bond acceptors (Lipinski definition) is 4. The van der Waals surface area contributed by atoms with Gasteiger partial charge in [0, 0.05) is 6.07 Å². The van der Waals surface area contributed by atoms with Crippen LogP contribution in [-0.2, 0) is 19.4 Å². The summed E-state index contributed by atoms with van der Waals surface area (Å²) in [5.74, 6) is -3.12. The quantitative estimate of drug-likeness (QED) is 0.629. The van der Waals surface area contributed by atoms with E-state index in [4.69, 9.17) is 0 Å². The molecule has 0 atom stereocenters. The van der Waals surface area contributed by atoms with Gasteiger partial charge in [0.15, 0.2) is 14.6 Å². The number of sulfone groups is 1. The predicted octanol–water partition coefficient (Wildman–Crippen LogP) is 2.08. The van der Waals surface area contributed by atoms with Crippen molar-refractivity contribution in [3.8, 4) is 0 Å². The lowest BCUT2D eigenvalue weighted by Crippen LogP contribution is -2.42. The summed E-state index contributed by atoms with van der Waals surface area (Å²) in [4.78, 5) is 10.9. The van der Waals surface area contributed by atoms with E-state index in [0.717, 1.165) is 26.0 Å². The van der Waals surface area contributed by atoms with Crippen LogP contribution in [0.1, 0.15) is 20.8 Å². The van der Waals surface area contributed by atoms with Crippen molar-refractivity contribution in [3.05, 3.63) is 29.8 Å². The summed E-state index contributed by atoms with van der Waals surface area (Å²) >= 11 is 0. The number of hydrogen-bond donors (Lipinski definition) is 0. The third kappa shape index (κ3) is 2.75. The molecule has 4 nitrogen and oxygen atoms in total. The van der Waals surface area contributed by atoms with Crippen LogP contribution in [0.4, 0.5) is 8.78 Å². The Morgan fingerprint density at radius 1 is 1.32 bits per heavy atom. The summed E-state index contributed by atoms with van der Waals surface area (Å²) in [6, 6.07) is 2.06. The summed E-state index contributed by atoms with van der Waals surface area (Å²) in [7, 11) is -4.32. The number of carbonyl (C=O) groups excluding carboxylic acids is 1. The van der Waals surface area contributed by atoms with Crippen LogP contribution >= 0.6 is 0 Å². The predicted molar refractivity (Wildman–Crippen MR) is 64.3 cm³/mol. The van der Waals surface area contributed by atoms with Crippen molar-refractivity contribution in [2.75, 3.05) is 6.61 Å². The molecule has 0 aliphatic carbocycles. The van der Waals surface area contributed by atoms with E-state index in [-0.39, 0.29) is 6.61 Å².